The average molecular weight is 253 g/mol. The van der Waals surface area contributed by atoms with Gasteiger partial charge in [-0.1, -0.05) is 24.3 Å². The summed E-state index contributed by atoms with van der Waals surface area (Å²) in [6.45, 7) is 3.89. The Bertz CT molecular complexity index is 730. The number of aromatic nitrogens is 1. The molecule has 96 valence electrons. The normalized spacial score (nSPS) is 12.8. The molecule has 2 aromatic heterocycles. The van der Waals surface area contributed by atoms with Crippen LogP contribution in [0.4, 0.5) is 0 Å². The van der Waals surface area contributed by atoms with Gasteiger partial charge >= 0.3 is 0 Å². The molecule has 0 aliphatic rings. The van der Waals surface area contributed by atoms with Crippen LogP contribution in [0.25, 0.3) is 11.0 Å². The molecule has 0 saturated heterocycles. The molecule has 0 amide bonds. The van der Waals surface area contributed by atoms with Crippen molar-refractivity contribution < 1.29 is 9.52 Å². The molecule has 3 aromatic rings. The zero-order valence-corrected chi connectivity index (χ0v) is 10.9. The minimum Gasteiger partial charge on any atom is -0.458 e. The third kappa shape index (κ3) is 2.13. The minimum atomic E-state index is -0.827. The zero-order chi connectivity index (χ0) is 13.4. The molecule has 3 nitrogen and oxygen atoms in total. The first-order valence-electron chi connectivity index (χ1n) is 6.26. The van der Waals surface area contributed by atoms with Crippen LogP contribution in [-0.4, -0.2) is 10.1 Å². The van der Waals surface area contributed by atoms with E-state index in [0.29, 0.717) is 11.5 Å². The summed E-state index contributed by atoms with van der Waals surface area (Å²) >= 11 is 0. The third-order valence-corrected chi connectivity index (χ3v) is 3.22. The molecule has 0 radical (unpaired) electrons. The van der Waals surface area contributed by atoms with Gasteiger partial charge in [0.1, 0.15) is 11.3 Å². The molecule has 3 rings (SSSR count). The zero-order valence-electron chi connectivity index (χ0n) is 10.9. The number of aliphatic hydroxyl groups excluding tert-OH is 1. The quantitative estimate of drug-likeness (QED) is 0.760. The highest BCUT2D eigenvalue weighted by atomic mass is 16.4. The SMILES string of the molecule is Cc1cccc(C(O)c2cc3cccc(C)c3o2)n1. The van der Waals surface area contributed by atoms with Crippen molar-refractivity contribution in [1.82, 2.24) is 4.98 Å². The molecule has 1 atom stereocenters. The van der Waals surface area contributed by atoms with Crippen LogP contribution >= 0.6 is 0 Å². The Morgan fingerprint density at radius 1 is 1.11 bits per heavy atom. The van der Waals surface area contributed by atoms with E-state index in [2.05, 4.69) is 4.98 Å². The number of furan rings is 1. The van der Waals surface area contributed by atoms with Gasteiger partial charge in [-0.05, 0) is 37.6 Å². The van der Waals surface area contributed by atoms with Crippen molar-refractivity contribution in [2.75, 3.05) is 0 Å². The lowest BCUT2D eigenvalue weighted by Crippen LogP contribution is -2.01. The van der Waals surface area contributed by atoms with Crippen molar-refractivity contribution in [3.63, 3.8) is 0 Å². The second-order valence-electron chi connectivity index (χ2n) is 4.75. The molecule has 0 fully saturated rings. The smallest absolute Gasteiger partial charge is 0.153 e. The summed E-state index contributed by atoms with van der Waals surface area (Å²) in [5, 5.41) is 11.4. The number of para-hydroxylation sites is 1. The second-order valence-corrected chi connectivity index (χ2v) is 4.75. The Morgan fingerprint density at radius 2 is 1.89 bits per heavy atom. The Balaban J connectivity index is 2.06. The molecule has 3 heteroatoms. The van der Waals surface area contributed by atoms with Crippen LogP contribution in [0.15, 0.2) is 46.9 Å². The van der Waals surface area contributed by atoms with Crippen molar-refractivity contribution >= 4 is 11.0 Å². The van der Waals surface area contributed by atoms with Gasteiger partial charge in [-0.25, -0.2) is 0 Å². The number of fused-ring (bicyclic) bond motifs is 1. The van der Waals surface area contributed by atoms with Crippen LogP contribution in [0.5, 0.6) is 0 Å². The van der Waals surface area contributed by atoms with Crippen molar-refractivity contribution in [2.45, 2.75) is 20.0 Å². The number of pyridine rings is 1. The molecule has 1 aromatic carbocycles. The van der Waals surface area contributed by atoms with Gasteiger partial charge in [-0.2, -0.15) is 0 Å². The van der Waals surface area contributed by atoms with E-state index in [1.807, 2.05) is 50.2 Å². The summed E-state index contributed by atoms with van der Waals surface area (Å²) in [5.41, 5.74) is 3.37. The Labute approximate surface area is 111 Å². The van der Waals surface area contributed by atoms with Gasteiger partial charge in [0, 0.05) is 11.1 Å². The number of benzene rings is 1. The largest absolute Gasteiger partial charge is 0.458 e. The molecule has 0 aliphatic heterocycles. The summed E-state index contributed by atoms with van der Waals surface area (Å²) in [4.78, 5) is 4.33. The van der Waals surface area contributed by atoms with Crippen LogP contribution in [0.2, 0.25) is 0 Å². The van der Waals surface area contributed by atoms with E-state index in [9.17, 15) is 5.11 Å². The predicted molar refractivity (Wildman–Crippen MR) is 74.0 cm³/mol. The van der Waals surface area contributed by atoms with E-state index in [1.54, 1.807) is 6.07 Å². The molecule has 1 N–H and O–H groups in total. The first-order chi connectivity index (χ1) is 9.15. The van der Waals surface area contributed by atoms with Crippen LogP contribution in [0.1, 0.15) is 28.8 Å². The molecule has 0 bridgehead atoms. The monoisotopic (exact) mass is 253 g/mol. The van der Waals surface area contributed by atoms with E-state index < -0.39 is 6.10 Å². The Hall–Kier alpha value is -2.13. The highest BCUT2D eigenvalue weighted by Crippen LogP contribution is 2.29. The lowest BCUT2D eigenvalue weighted by Gasteiger charge is -2.07. The lowest BCUT2D eigenvalue weighted by atomic mass is 10.1. The summed E-state index contributed by atoms with van der Waals surface area (Å²) in [5.74, 6) is 0.530. The van der Waals surface area contributed by atoms with Gasteiger partial charge in [-0.3, -0.25) is 4.98 Å². The number of nitrogens with zero attached hydrogens (tertiary/aromatic N) is 1. The molecule has 2 heterocycles. The standard InChI is InChI=1S/C16H15NO2/c1-10-5-3-7-12-9-14(19-16(10)12)15(18)13-8-4-6-11(2)17-13/h3-9,15,18H,1-2H3. The van der Waals surface area contributed by atoms with E-state index in [-0.39, 0.29) is 0 Å². The van der Waals surface area contributed by atoms with Crippen molar-refractivity contribution in [3.05, 3.63) is 65.2 Å². The van der Waals surface area contributed by atoms with Gasteiger partial charge in [0.15, 0.2) is 6.10 Å². The first kappa shape index (κ1) is 11.9. The van der Waals surface area contributed by atoms with Crippen LogP contribution < -0.4 is 0 Å². The van der Waals surface area contributed by atoms with Crippen molar-refractivity contribution in [3.8, 4) is 0 Å². The summed E-state index contributed by atoms with van der Waals surface area (Å²) in [6.07, 6.45) is -0.827. The Morgan fingerprint density at radius 3 is 2.63 bits per heavy atom. The van der Waals surface area contributed by atoms with Crippen LogP contribution in [-0.2, 0) is 0 Å². The lowest BCUT2D eigenvalue weighted by molar-refractivity contribution is 0.187. The average Bonchev–Trinajstić information content (AvgIpc) is 2.83. The molecule has 1 unspecified atom stereocenters. The molecule has 0 saturated carbocycles. The van der Waals surface area contributed by atoms with Gasteiger partial charge in [0.2, 0.25) is 0 Å². The van der Waals surface area contributed by atoms with Crippen molar-refractivity contribution in [2.24, 2.45) is 0 Å². The number of hydrogen-bond acceptors (Lipinski definition) is 3. The van der Waals surface area contributed by atoms with Gasteiger partial charge in [-0.15, -0.1) is 0 Å². The topological polar surface area (TPSA) is 46.3 Å². The number of rotatable bonds is 2. The fourth-order valence-corrected chi connectivity index (χ4v) is 2.23. The summed E-state index contributed by atoms with van der Waals surface area (Å²) < 4.78 is 5.76. The maximum atomic E-state index is 10.4. The minimum absolute atomic E-state index is 0.530. The predicted octanol–water partition coefficient (Wildman–Crippen LogP) is 3.53. The van der Waals surface area contributed by atoms with Gasteiger partial charge < -0.3 is 9.52 Å². The van der Waals surface area contributed by atoms with E-state index in [0.717, 1.165) is 22.2 Å². The van der Waals surface area contributed by atoms with E-state index in [4.69, 9.17) is 4.42 Å². The van der Waals surface area contributed by atoms with Crippen molar-refractivity contribution in [1.29, 1.82) is 0 Å². The van der Waals surface area contributed by atoms with Gasteiger partial charge in [0.05, 0.1) is 5.69 Å². The maximum absolute atomic E-state index is 10.4. The molecular weight excluding hydrogens is 238 g/mol. The van der Waals surface area contributed by atoms with Gasteiger partial charge in [0.25, 0.3) is 0 Å². The number of aliphatic hydroxyl groups is 1. The maximum Gasteiger partial charge on any atom is 0.153 e. The fraction of sp³-hybridized carbons (Fsp3) is 0.188. The van der Waals surface area contributed by atoms with E-state index in [1.165, 1.54) is 0 Å². The second kappa shape index (κ2) is 4.52. The van der Waals surface area contributed by atoms with E-state index >= 15 is 0 Å². The third-order valence-electron chi connectivity index (χ3n) is 3.22. The van der Waals surface area contributed by atoms with Crippen LogP contribution in [0.3, 0.4) is 0 Å². The summed E-state index contributed by atoms with van der Waals surface area (Å²) in [6, 6.07) is 13.4. The first-order valence-corrected chi connectivity index (χ1v) is 6.26. The molecule has 19 heavy (non-hydrogen) atoms. The fourth-order valence-electron chi connectivity index (χ4n) is 2.23. The highest BCUT2D eigenvalue weighted by molar-refractivity contribution is 5.81. The molecule has 0 spiro atoms. The molecule has 0 aliphatic carbocycles. The van der Waals surface area contributed by atoms with Crippen LogP contribution in [0, 0.1) is 13.8 Å². The number of aryl methyl sites for hydroxylation is 2. The molecular formula is C16H15NO2. The highest BCUT2D eigenvalue weighted by Gasteiger charge is 2.17. The number of hydrogen-bond donors (Lipinski definition) is 1. The summed E-state index contributed by atoms with van der Waals surface area (Å²) in [7, 11) is 0. The Kier molecular flexibility index (Phi) is 2.84.